The highest BCUT2D eigenvalue weighted by molar-refractivity contribution is 7.98. The highest BCUT2D eigenvalue weighted by Gasteiger charge is 2.17. The first-order valence-electron chi connectivity index (χ1n) is 8.03. The second-order valence-corrected chi connectivity index (χ2v) is 8.55. The number of amides is 1. The van der Waals surface area contributed by atoms with E-state index in [1.165, 1.54) is 12.1 Å². The number of sulfone groups is 1. The van der Waals surface area contributed by atoms with E-state index < -0.39 is 9.84 Å². The average Bonchev–Trinajstić information content (AvgIpc) is 3.14. The Morgan fingerprint density at radius 3 is 2.44 bits per heavy atom. The number of hydrogen-bond donors (Lipinski definition) is 1. The predicted octanol–water partition coefficient (Wildman–Crippen LogP) is 3.06. The number of rotatable bonds is 7. The van der Waals surface area contributed by atoms with Gasteiger partial charge in [-0.3, -0.25) is 10.1 Å². The van der Waals surface area contributed by atoms with Gasteiger partial charge in [-0.15, -0.1) is 16.9 Å². The molecule has 1 N–H and O–H groups in total. The predicted molar refractivity (Wildman–Crippen MR) is 103 cm³/mol. The maximum absolute atomic E-state index is 12.3. The fourth-order valence-electron chi connectivity index (χ4n) is 2.28. The summed E-state index contributed by atoms with van der Waals surface area (Å²) in [5.41, 5.74) is 0.458. The fraction of sp³-hybridized carbons (Fsp3) is 0.167. The third-order valence-corrected chi connectivity index (χ3v) is 6.20. The van der Waals surface area contributed by atoms with Crippen LogP contribution in [0.5, 0.6) is 0 Å². The van der Waals surface area contributed by atoms with Crippen LogP contribution in [-0.2, 0) is 16.3 Å². The highest BCUT2D eigenvalue weighted by Crippen LogP contribution is 2.16. The van der Waals surface area contributed by atoms with Crippen molar-refractivity contribution in [1.82, 2.24) is 10.2 Å². The smallest absolute Gasteiger partial charge is 0.322 e. The van der Waals surface area contributed by atoms with Crippen LogP contribution in [0.3, 0.4) is 0 Å². The summed E-state index contributed by atoms with van der Waals surface area (Å²) < 4.78 is 29.9. The van der Waals surface area contributed by atoms with Crippen LogP contribution >= 0.6 is 11.8 Å². The second-order valence-electron chi connectivity index (χ2n) is 5.57. The quantitative estimate of drug-likeness (QED) is 0.605. The minimum absolute atomic E-state index is 0.0581. The number of thioether (sulfide) groups is 1. The number of carbonyl (C=O) groups excluding carboxylic acids is 1. The Balaban J connectivity index is 1.60. The molecule has 3 rings (SSSR count). The molecule has 1 aromatic heterocycles. The van der Waals surface area contributed by atoms with Crippen molar-refractivity contribution in [3.8, 4) is 0 Å². The van der Waals surface area contributed by atoms with Crippen molar-refractivity contribution >= 4 is 33.5 Å². The van der Waals surface area contributed by atoms with Crippen LogP contribution in [0.15, 0.2) is 68.8 Å². The molecule has 0 fully saturated rings. The van der Waals surface area contributed by atoms with Gasteiger partial charge in [0.25, 0.3) is 5.91 Å². The molecular formula is C18H17N3O4S2. The summed E-state index contributed by atoms with van der Waals surface area (Å²) in [5, 5.41) is 10.0. The SMILES string of the molecule is CSc1ccc(C(=O)Nc2nnc(CCS(=O)(=O)c3ccccc3)o2)cc1. The number of hydrogen-bond acceptors (Lipinski definition) is 7. The number of aromatic nitrogens is 2. The van der Waals surface area contributed by atoms with E-state index in [1.54, 1.807) is 42.1 Å². The summed E-state index contributed by atoms with van der Waals surface area (Å²) >= 11 is 1.58. The van der Waals surface area contributed by atoms with Gasteiger partial charge in [0.05, 0.1) is 10.6 Å². The Hall–Kier alpha value is -2.65. The number of carbonyl (C=O) groups is 1. The Labute approximate surface area is 161 Å². The van der Waals surface area contributed by atoms with Gasteiger partial charge in [0.1, 0.15) is 0 Å². The maximum Gasteiger partial charge on any atom is 0.322 e. The van der Waals surface area contributed by atoms with E-state index in [0.29, 0.717) is 5.56 Å². The van der Waals surface area contributed by atoms with Crippen molar-refractivity contribution in [2.24, 2.45) is 0 Å². The molecule has 0 bridgehead atoms. The molecule has 0 saturated carbocycles. The molecule has 0 unspecified atom stereocenters. The third-order valence-electron chi connectivity index (χ3n) is 3.73. The van der Waals surface area contributed by atoms with Gasteiger partial charge < -0.3 is 4.42 Å². The van der Waals surface area contributed by atoms with Crippen LogP contribution in [0.4, 0.5) is 6.01 Å². The Morgan fingerprint density at radius 1 is 1.07 bits per heavy atom. The Morgan fingerprint density at radius 2 is 1.78 bits per heavy atom. The first-order chi connectivity index (χ1) is 13.0. The first-order valence-corrected chi connectivity index (χ1v) is 10.9. The molecule has 0 aliphatic rings. The van der Waals surface area contributed by atoms with Gasteiger partial charge in [0, 0.05) is 16.9 Å². The number of aryl methyl sites for hydroxylation is 1. The van der Waals surface area contributed by atoms with Gasteiger partial charge in [0.2, 0.25) is 5.89 Å². The minimum Gasteiger partial charge on any atom is -0.408 e. The summed E-state index contributed by atoms with van der Waals surface area (Å²) in [6, 6.07) is 15.2. The third kappa shape index (κ3) is 4.95. The van der Waals surface area contributed by atoms with Gasteiger partial charge >= 0.3 is 6.01 Å². The van der Waals surface area contributed by atoms with Crippen LogP contribution in [0, 0.1) is 0 Å². The van der Waals surface area contributed by atoms with E-state index in [1.807, 2.05) is 18.4 Å². The molecule has 0 aliphatic heterocycles. The van der Waals surface area contributed by atoms with Gasteiger partial charge in [-0.1, -0.05) is 23.3 Å². The molecule has 2 aromatic carbocycles. The van der Waals surface area contributed by atoms with Crippen molar-refractivity contribution in [3.63, 3.8) is 0 Å². The van der Waals surface area contributed by atoms with E-state index in [9.17, 15) is 13.2 Å². The highest BCUT2D eigenvalue weighted by atomic mass is 32.2. The van der Waals surface area contributed by atoms with E-state index in [4.69, 9.17) is 4.42 Å². The lowest BCUT2D eigenvalue weighted by atomic mass is 10.2. The summed E-state index contributed by atoms with van der Waals surface area (Å²) in [5.74, 6) is -0.403. The summed E-state index contributed by atoms with van der Waals surface area (Å²) in [4.78, 5) is 13.5. The zero-order valence-corrected chi connectivity index (χ0v) is 16.1. The molecule has 9 heteroatoms. The van der Waals surface area contributed by atoms with Crippen LogP contribution < -0.4 is 5.32 Å². The van der Waals surface area contributed by atoms with Gasteiger partial charge in [-0.05, 0) is 42.7 Å². The van der Waals surface area contributed by atoms with E-state index in [-0.39, 0.29) is 34.9 Å². The van der Waals surface area contributed by atoms with Crippen LogP contribution in [0.25, 0.3) is 0 Å². The molecule has 27 heavy (non-hydrogen) atoms. The standard InChI is InChI=1S/C18H17N3O4S2/c1-26-14-9-7-13(8-10-14)17(22)19-18-21-20-16(25-18)11-12-27(23,24)15-5-3-2-4-6-15/h2-10H,11-12H2,1H3,(H,19,21,22). The number of anilines is 1. The molecule has 0 radical (unpaired) electrons. The molecule has 0 aliphatic carbocycles. The molecule has 1 amide bonds. The molecule has 3 aromatic rings. The van der Waals surface area contributed by atoms with Crippen molar-refractivity contribution in [1.29, 1.82) is 0 Å². The van der Waals surface area contributed by atoms with Crippen LogP contribution in [0.2, 0.25) is 0 Å². The van der Waals surface area contributed by atoms with Gasteiger partial charge in [0.15, 0.2) is 9.84 Å². The first kappa shape index (κ1) is 19.1. The molecule has 0 spiro atoms. The lowest BCUT2D eigenvalue weighted by molar-refractivity contribution is 0.102. The van der Waals surface area contributed by atoms with Gasteiger partial charge in [-0.2, -0.15) is 0 Å². The molecule has 140 valence electrons. The van der Waals surface area contributed by atoms with Gasteiger partial charge in [-0.25, -0.2) is 8.42 Å². The normalized spacial score (nSPS) is 11.3. The van der Waals surface area contributed by atoms with Crippen molar-refractivity contribution in [2.75, 3.05) is 17.3 Å². The topological polar surface area (TPSA) is 102 Å². The van der Waals surface area contributed by atoms with E-state index in [2.05, 4.69) is 15.5 Å². The lowest BCUT2D eigenvalue weighted by Gasteiger charge is -2.02. The van der Waals surface area contributed by atoms with Crippen molar-refractivity contribution < 1.29 is 17.6 Å². The van der Waals surface area contributed by atoms with Crippen LogP contribution in [0.1, 0.15) is 16.2 Å². The number of nitrogens with one attached hydrogen (secondary N) is 1. The van der Waals surface area contributed by atoms with E-state index >= 15 is 0 Å². The minimum atomic E-state index is -3.44. The second kappa shape index (κ2) is 8.36. The lowest BCUT2D eigenvalue weighted by Crippen LogP contribution is -2.12. The number of benzene rings is 2. The largest absolute Gasteiger partial charge is 0.408 e. The fourth-order valence-corrected chi connectivity index (χ4v) is 3.94. The van der Waals surface area contributed by atoms with E-state index in [0.717, 1.165) is 4.90 Å². The average molecular weight is 403 g/mol. The molecule has 7 nitrogen and oxygen atoms in total. The number of nitrogens with zero attached hydrogens (tertiary/aromatic N) is 2. The Bertz CT molecular complexity index is 1020. The molecule has 0 atom stereocenters. The maximum atomic E-state index is 12.3. The zero-order chi connectivity index (χ0) is 19.3. The zero-order valence-electron chi connectivity index (χ0n) is 14.5. The van der Waals surface area contributed by atoms with Crippen LogP contribution in [-0.4, -0.2) is 36.5 Å². The monoisotopic (exact) mass is 403 g/mol. The summed E-state index contributed by atoms with van der Waals surface area (Å²) in [6.07, 6.45) is 2.01. The summed E-state index contributed by atoms with van der Waals surface area (Å²) in [7, 11) is -3.44. The molecular weight excluding hydrogens is 386 g/mol. The van der Waals surface area contributed by atoms with Crippen molar-refractivity contribution in [2.45, 2.75) is 16.2 Å². The molecule has 0 saturated heterocycles. The Kier molecular flexibility index (Phi) is 5.92. The summed E-state index contributed by atoms with van der Waals surface area (Å²) in [6.45, 7) is 0. The molecule has 1 heterocycles. The van der Waals surface area contributed by atoms with Crippen molar-refractivity contribution in [3.05, 3.63) is 66.1 Å².